The third-order valence-electron chi connectivity index (χ3n) is 4.77. The Bertz CT molecular complexity index is 958. The molecule has 1 aliphatic carbocycles. The zero-order valence-electron chi connectivity index (χ0n) is 17.6. The summed E-state index contributed by atoms with van der Waals surface area (Å²) in [6.07, 6.45) is -2.91. The summed E-state index contributed by atoms with van der Waals surface area (Å²) in [7, 11) is 0. The van der Waals surface area contributed by atoms with Crippen molar-refractivity contribution in [3.63, 3.8) is 0 Å². The number of benzene rings is 2. The van der Waals surface area contributed by atoms with E-state index in [1.165, 1.54) is 6.07 Å². The highest BCUT2D eigenvalue weighted by Crippen LogP contribution is 2.37. The van der Waals surface area contributed by atoms with E-state index in [-0.39, 0.29) is 36.2 Å². The van der Waals surface area contributed by atoms with Crippen molar-refractivity contribution in [2.45, 2.75) is 38.8 Å². The highest BCUT2D eigenvalue weighted by molar-refractivity contribution is 5.95. The largest absolute Gasteiger partial charge is 0.490 e. The molecule has 2 aromatic rings. The normalized spacial score (nSPS) is 13.4. The van der Waals surface area contributed by atoms with Gasteiger partial charge in [0.15, 0.2) is 11.5 Å². The summed E-state index contributed by atoms with van der Waals surface area (Å²) in [5.41, 5.74) is -1.32. The Labute approximate surface area is 184 Å². The Morgan fingerprint density at radius 3 is 2.34 bits per heavy atom. The fourth-order valence-electron chi connectivity index (χ4n) is 3.03. The first-order chi connectivity index (χ1) is 15.3. The summed E-state index contributed by atoms with van der Waals surface area (Å²) >= 11 is 0. The fraction of sp³-hybridized carbons (Fsp3) is 0.391. The smallest absolute Gasteiger partial charge is 0.418 e. The number of halogens is 3. The van der Waals surface area contributed by atoms with Crippen LogP contribution < -0.4 is 20.1 Å². The molecule has 2 N–H and O–H groups in total. The quantitative estimate of drug-likeness (QED) is 0.485. The van der Waals surface area contributed by atoms with Gasteiger partial charge in [-0.15, -0.1) is 0 Å². The van der Waals surface area contributed by atoms with Crippen LogP contribution in [0.3, 0.4) is 0 Å². The van der Waals surface area contributed by atoms with E-state index in [1.807, 2.05) is 13.0 Å². The molecule has 6 nitrogen and oxygen atoms in total. The topological polar surface area (TPSA) is 76.7 Å². The third-order valence-corrected chi connectivity index (χ3v) is 4.77. The number of para-hydroxylation sites is 2. The van der Waals surface area contributed by atoms with Gasteiger partial charge in [-0.1, -0.05) is 12.1 Å². The number of amides is 2. The molecule has 2 amide bonds. The van der Waals surface area contributed by atoms with E-state index < -0.39 is 17.6 Å². The number of carbonyl (C=O) groups excluding carboxylic acids is 2. The summed E-state index contributed by atoms with van der Waals surface area (Å²) in [6.45, 7) is 2.53. The number of nitrogens with one attached hydrogen (secondary N) is 2. The molecule has 0 aromatic heterocycles. The van der Waals surface area contributed by atoms with E-state index in [0.29, 0.717) is 24.5 Å². The van der Waals surface area contributed by atoms with E-state index in [2.05, 4.69) is 10.6 Å². The van der Waals surface area contributed by atoms with Gasteiger partial charge >= 0.3 is 6.18 Å². The van der Waals surface area contributed by atoms with Crippen molar-refractivity contribution in [2.75, 3.05) is 23.8 Å². The van der Waals surface area contributed by atoms with Gasteiger partial charge in [-0.05, 0) is 56.5 Å². The monoisotopic (exact) mass is 450 g/mol. The minimum atomic E-state index is -4.69. The summed E-state index contributed by atoms with van der Waals surface area (Å²) < 4.78 is 51.5. The first kappa shape index (κ1) is 23.4. The number of hydrogen-bond donors (Lipinski definition) is 2. The molecule has 32 heavy (non-hydrogen) atoms. The summed E-state index contributed by atoms with van der Waals surface area (Å²) in [6, 6.07) is 10.4. The lowest BCUT2D eigenvalue weighted by atomic mass is 10.1. The predicted molar refractivity (Wildman–Crippen MR) is 114 cm³/mol. The van der Waals surface area contributed by atoms with E-state index in [0.717, 1.165) is 25.0 Å². The fourth-order valence-corrected chi connectivity index (χ4v) is 3.03. The Morgan fingerprint density at radius 1 is 1.03 bits per heavy atom. The Balaban J connectivity index is 1.55. The number of rotatable bonds is 10. The second-order valence-corrected chi connectivity index (χ2v) is 7.40. The van der Waals surface area contributed by atoms with Crippen LogP contribution in [0.2, 0.25) is 0 Å². The summed E-state index contributed by atoms with van der Waals surface area (Å²) in [4.78, 5) is 24.0. The van der Waals surface area contributed by atoms with Crippen LogP contribution in [0.15, 0.2) is 42.5 Å². The lowest BCUT2D eigenvalue weighted by Crippen LogP contribution is -2.18. The molecule has 0 radical (unpaired) electrons. The molecular formula is C23H25F3N2O4. The molecular weight excluding hydrogens is 425 g/mol. The molecule has 0 heterocycles. The molecule has 0 saturated heterocycles. The Morgan fingerprint density at radius 2 is 1.72 bits per heavy atom. The maximum absolute atomic E-state index is 13.5. The van der Waals surface area contributed by atoms with Gasteiger partial charge in [0, 0.05) is 18.0 Å². The minimum absolute atomic E-state index is 0.0196. The molecule has 0 bridgehead atoms. The predicted octanol–water partition coefficient (Wildman–Crippen LogP) is 5.25. The lowest BCUT2D eigenvalue weighted by molar-refractivity contribution is -0.137. The van der Waals surface area contributed by atoms with Crippen molar-refractivity contribution in [3.05, 3.63) is 48.0 Å². The molecule has 2 aromatic carbocycles. The molecule has 1 saturated carbocycles. The molecule has 3 rings (SSSR count). The molecule has 172 valence electrons. The third kappa shape index (κ3) is 6.63. The molecule has 0 spiro atoms. The summed E-state index contributed by atoms with van der Waals surface area (Å²) in [5, 5.41) is 4.80. The lowest BCUT2D eigenvalue weighted by Gasteiger charge is -2.16. The zero-order valence-corrected chi connectivity index (χ0v) is 17.6. The number of carbonyl (C=O) groups is 2. The Kier molecular flexibility index (Phi) is 7.61. The second kappa shape index (κ2) is 10.4. The number of ether oxygens (including phenoxy) is 2. The average Bonchev–Trinajstić information content (AvgIpc) is 3.58. The van der Waals surface area contributed by atoms with Crippen LogP contribution in [0, 0.1) is 5.92 Å². The molecule has 9 heteroatoms. The first-order valence-corrected chi connectivity index (χ1v) is 10.4. The van der Waals surface area contributed by atoms with Crippen molar-refractivity contribution in [2.24, 2.45) is 5.92 Å². The van der Waals surface area contributed by atoms with Gasteiger partial charge < -0.3 is 20.1 Å². The van der Waals surface area contributed by atoms with Crippen LogP contribution in [0.1, 0.15) is 38.2 Å². The van der Waals surface area contributed by atoms with E-state index in [4.69, 9.17) is 9.47 Å². The van der Waals surface area contributed by atoms with Gasteiger partial charge in [0.2, 0.25) is 11.8 Å². The van der Waals surface area contributed by atoms with Gasteiger partial charge in [-0.3, -0.25) is 9.59 Å². The van der Waals surface area contributed by atoms with Crippen LogP contribution in [0.5, 0.6) is 11.5 Å². The Hall–Kier alpha value is -3.23. The average molecular weight is 450 g/mol. The zero-order chi connectivity index (χ0) is 23.1. The van der Waals surface area contributed by atoms with Crippen LogP contribution in [0.4, 0.5) is 24.5 Å². The molecule has 0 aliphatic heterocycles. The van der Waals surface area contributed by atoms with Gasteiger partial charge in [-0.25, -0.2) is 0 Å². The van der Waals surface area contributed by atoms with E-state index in [9.17, 15) is 22.8 Å². The minimum Gasteiger partial charge on any atom is -0.490 e. The van der Waals surface area contributed by atoms with Crippen molar-refractivity contribution >= 4 is 23.2 Å². The SMILES string of the molecule is CCOc1ccccc1OCCCC(=O)Nc1ccc(NC(=O)C2CC2)cc1C(F)(F)F. The highest BCUT2D eigenvalue weighted by atomic mass is 19.4. The van der Waals surface area contributed by atoms with Gasteiger partial charge in [0.1, 0.15) is 0 Å². The van der Waals surface area contributed by atoms with Crippen LogP contribution in [-0.2, 0) is 15.8 Å². The molecule has 1 aliphatic rings. The molecule has 0 atom stereocenters. The highest BCUT2D eigenvalue weighted by Gasteiger charge is 2.35. The van der Waals surface area contributed by atoms with Gasteiger partial charge in [0.05, 0.1) is 24.5 Å². The number of alkyl halides is 3. The van der Waals surface area contributed by atoms with E-state index in [1.54, 1.807) is 18.2 Å². The van der Waals surface area contributed by atoms with Crippen molar-refractivity contribution in [1.29, 1.82) is 0 Å². The van der Waals surface area contributed by atoms with Crippen LogP contribution in [-0.4, -0.2) is 25.0 Å². The first-order valence-electron chi connectivity index (χ1n) is 10.4. The maximum atomic E-state index is 13.5. The standard InChI is InChI=1S/C23H25F3N2O4/c1-2-31-19-6-3-4-7-20(19)32-13-5-8-21(29)28-18-12-11-16(14-17(18)23(24,25)26)27-22(30)15-9-10-15/h3-4,6-7,11-12,14-15H,2,5,8-10,13H2,1H3,(H,27,30)(H,28,29). The maximum Gasteiger partial charge on any atom is 0.418 e. The van der Waals surface area contributed by atoms with Crippen LogP contribution in [0.25, 0.3) is 0 Å². The summed E-state index contributed by atoms with van der Waals surface area (Å²) in [5.74, 6) is 0.139. The second-order valence-electron chi connectivity index (χ2n) is 7.40. The number of hydrogen-bond acceptors (Lipinski definition) is 4. The van der Waals surface area contributed by atoms with Gasteiger partial charge in [0.25, 0.3) is 0 Å². The van der Waals surface area contributed by atoms with Gasteiger partial charge in [-0.2, -0.15) is 13.2 Å². The van der Waals surface area contributed by atoms with E-state index >= 15 is 0 Å². The van der Waals surface area contributed by atoms with Crippen molar-refractivity contribution < 1.29 is 32.2 Å². The van der Waals surface area contributed by atoms with Crippen LogP contribution >= 0.6 is 0 Å². The van der Waals surface area contributed by atoms with Crippen molar-refractivity contribution in [1.82, 2.24) is 0 Å². The number of anilines is 2. The molecule has 1 fully saturated rings. The van der Waals surface area contributed by atoms with Crippen molar-refractivity contribution in [3.8, 4) is 11.5 Å². The molecule has 0 unspecified atom stereocenters.